The van der Waals surface area contributed by atoms with Crippen molar-refractivity contribution in [3.63, 3.8) is 0 Å². The Morgan fingerprint density at radius 3 is 1.48 bits per heavy atom. The second-order valence-electron chi connectivity index (χ2n) is 5.95. The Morgan fingerprint density at radius 2 is 1.15 bits per heavy atom. The van der Waals surface area contributed by atoms with Crippen molar-refractivity contribution >= 4 is 53.1 Å². The first-order valence-corrected chi connectivity index (χ1v) is 10.6. The maximum absolute atomic E-state index is 12.7. The average Bonchev–Trinajstić information content (AvgIpc) is 2.72. The first kappa shape index (κ1) is 21.3. The molecule has 2 nitrogen and oxygen atoms in total. The summed E-state index contributed by atoms with van der Waals surface area (Å²) in [4.78, 5) is 12.7. The molecule has 0 bridgehead atoms. The molecule has 0 aliphatic heterocycles. The van der Waals surface area contributed by atoms with Gasteiger partial charge in [-0.25, -0.2) is 4.79 Å². The minimum atomic E-state index is -2.16. The summed E-state index contributed by atoms with van der Waals surface area (Å²) in [5.41, 5.74) is 0. The molecule has 3 aromatic rings. The standard InChI is InChI=1S/C23H22O2P.HI/c1-2-18-25-23(24)19-26(20-12-6-3-7-13-20,21-14-8-4-9-15-21)22-16-10-5-11-17-22;/h2-17H,1,18-19H2;1H/q+1;. The topological polar surface area (TPSA) is 26.3 Å². The summed E-state index contributed by atoms with van der Waals surface area (Å²) in [6.07, 6.45) is 1.93. The predicted octanol–water partition coefficient (Wildman–Crippen LogP) is 4.33. The largest absolute Gasteiger partial charge is 0.459 e. The van der Waals surface area contributed by atoms with E-state index in [1.165, 1.54) is 15.9 Å². The highest BCUT2D eigenvalue weighted by Crippen LogP contribution is 2.55. The van der Waals surface area contributed by atoms with Crippen molar-refractivity contribution in [3.05, 3.63) is 104 Å². The fourth-order valence-corrected chi connectivity index (χ4v) is 7.12. The van der Waals surface area contributed by atoms with Crippen LogP contribution < -0.4 is 15.9 Å². The lowest BCUT2D eigenvalue weighted by molar-refractivity contribution is -0.139. The minimum Gasteiger partial charge on any atom is -0.459 e. The number of ether oxygens (including phenoxy) is 1. The Kier molecular flexibility index (Phi) is 8.21. The molecule has 0 radical (unpaired) electrons. The van der Waals surface area contributed by atoms with Crippen molar-refractivity contribution in [1.82, 2.24) is 0 Å². The number of carbonyl (C=O) groups is 1. The summed E-state index contributed by atoms with van der Waals surface area (Å²) >= 11 is 0. The third kappa shape index (κ3) is 4.85. The molecule has 0 heterocycles. The van der Waals surface area contributed by atoms with E-state index in [1.807, 2.05) is 54.6 Å². The van der Waals surface area contributed by atoms with E-state index < -0.39 is 7.26 Å². The number of hydrogen-bond acceptors (Lipinski definition) is 2. The molecule has 0 aromatic heterocycles. The molecule has 0 aliphatic rings. The van der Waals surface area contributed by atoms with Gasteiger partial charge in [-0.2, -0.15) is 0 Å². The monoisotopic (exact) mass is 489 g/mol. The summed E-state index contributed by atoms with van der Waals surface area (Å²) in [6.45, 7) is 3.87. The van der Waals surface area contributed by atoms with Crippen LogP contribution in [0.15, 0.2) is 104 Å². The molecule has 27 heavy (non-hydrogen) atoms. The van der Waals surface area contributed by atoms with Crippen LogP contribution in [0.2, 0.25) is 0 Å². The van der Waals surface area contributed by atoms with E-state index in [0.717, 1.165) is 0 Å². The highest BCUT2D eigenvalue weighted by molar-refractivity contribution is 14.0. The van der Waals surface area contributed by atoms with Crippen LogP contribution >= 0.6 is 31.2 Å². The highest BCUT2D eigenvalue weighted by atomic mass is 127. The van der Waals surface area contributed by atoms with Crippen molar-refractivity contribution in [2.45, 2.75) is 0 Å². The van der Waals surface area contributed by atoms with Crippen LogP contribution in [-0.2, 0) is 9.53 Å². The molecule has 0 amide bonds. The molecule has 4 heteroatoms. The zero-order valence-corrected chi connectivity index (χ0v) is 18.3. The van der Waals surface area contributed by atoms with Gasteiger partial charge in [-0.3, -0.25) is 0 Å². The van der Waals surface area contributed by atoms with Crippen LogP contribution in [-0.4, -0.2) is 18.7 Å². The van der Waals surface area contributed by atoms with E-state index >= 15 is 0 Å². The van der Waals surface area contributed by atoms with Crippen molar-refractivity contribution in [1.29, 1.82) is 0 Å². The van der Waals surface area contributed by atoms with Gasteiger partial charge in [-0.15, -0.1) is 24.0 Å². The summed E-state index contributed by atoms with van der Waals surface area (Å²) in [6, 6.07) is 30.9. The highest BCUT2D eigenvalue weighted by Gasteiger charge is 2.47. The van der Waals surface area contributed by atoms with E-state index in [-0.39, 0.29) is 36.6 Å². The Balaban J connectivity index is 0.00000261. The summed E-state index contributed by atoms with van der Waals surface area (Å²) in [7, 11) is -2.16. The fourth-order valence-electron chi connectivity index (χ4n) is 3.16. The van der Waals surface area contributed by atoms with Crippen LogP contribution in [0.3, 0.4) is 0 Å². The van der Waals surface area contributed by atoms with Crippen molar-refractivity contribution in [3.8, 4) is 0 Å². The molecular weight excluding hydrogens is 466 g/mol. The third-order valence-electron chi connectivity index (χ3n) is 4.32. The van der Waals surface area contributed by atoms with Crippen LogP contribution in [0.25, 0.3) is 0 Å². The van der Waals surface area contributed by atoms with Crippen LogP contribution in [0, 0.1) is 0 Å². The SMILES string of the molecule is C=CCOC(=O)C[P+](c1ccccc1)(c1ccccc1)c1ccccc1.I. The zero-order chi connectivity index (χ0) is 18.2. The predicted molar refractivity (Wildman–Crippen MR) is 127 cm³/mol. The average molecular weight is 489 g/mol. The van der Waals surface area contributed by atoms with E-state index in [4.69, 9.17) is 4.74 Å². The van der Waals surface area contributed by atoms with Gasteiger partial charge in [-0.05, 0) is 36.4 Å². The molecular formula is C23H23IO2P+. The van der Waals surface area contributed by atoms with Crippen molar-refractivity contribution in [2.24, 2.45) is 0 Å². The number of halogens is 1. The summed E-state index contributed by atoms with van der Waals surface area (Å²) in [5, 5.41) is 3.52. The maximum Gasteiger partial charge on any atom is 0.345 e. The van der Waals surface area contributed by atoms with Gasteiger partial charge >= 0.3 is 5.97 Å². The van der Waals surface area contributed by atoms with Gasteiger partial charge in [0.2, 0.25) is 0 Å². The van der Waals surface area contributed by atoms with E-state index in [2.05, 4.69) is 43.0 Å². The molecule has 0 N–H and O–H groups in total. The third-order valence-corrected chi connectivity index (χ3v) is 8.59. The van der Waals surface area contributed by atoms with Gasteiger partial charge in [-0.1, -0.05) is 67.3 Å². The van der Waals surface area contributed by atoms with Gasteiger partial charge in [0, 0.05) is 0 Å². The zero-order valence-electron chi connectivity index (χ0n) is 15.0. The van der Waals surface area contributed by atoms with Crippen molar-refractivity contribution < 1.29 is 9.53 Å². The molecule has 0 saturated carbocycles. The lowest BCUT2D eigenvalue weighted by Crippen LogP contribution is -2.36. The Bertz CT molecular complexity index is 755. The molecule has 0 spiro atoms. The normalized spacial score (nSPS) is 10.5. The second-order valence-corrected chi connectivity index (χ2v) is 9.43. The van der Waals surface area contributed by atoms with Crippen LogP contribution in [0.4, 0.5) is 0 Å². The smallest absolute Gasteiger partial charge is 0.345 e. The summed E-state index contributed by atoms with van der Waals surface area (Å²) in [5.74, 6) is -0.199. The number of rotatable bonds is 7. The lowest BCUT2D eigenvalue weighted by atomic mass is 10.4. The number of carbonyl (C=O) groups excluding carboxylic acids is 1. The molecule has 3 rings (SSSR count). The molecule has 0 aliphatic carbocycles. The number of benzene rings is 3. The first-order valence-electron chi connectivity index (χ1n) is 8.59. The van der Waals surface area contributed by atoms with Crippen LogP contribution in [0.5, 0.6) is 0 Å². The van der Waals surface area contributed by atoms with Gasteiger partial charge in [0.1, 0.15) is 29.8 Å². The minimum absolute atomic E-state index is 0. The van der Waals surface area contributed by atoms with E-state index in [1.54, 1.807) is 6.08 Å². The van der Waals surface area contributed by atoms with Crippen molar-refractivity contribution in [2.75, 3.05) is 12.8 Å². The molecule has 0 atom stereocenters. The number of esters is 1. The van der Waals surface area contributed by atoms with Gasteiger partial charge < -0.3 is 4.74 Å². The quantitative estimate of drug-likeness (QED) is 0.214. The molecule has 0 fully saturated rings. The Hall–Kier alpha value is -1.97. The van der Waals surface area contributed by atoms with E-state index in [0.29, 0.717) is 6.16 Å². The van der Waals surface area contributed by atoms with E-state index in [9.17, 15) is 4.79 Å². The maximum atomic E-state index is 12.7. The molecule has 0 saturated heterocycles. The summed E-state index contributed by atoms with van der Waals surface area (Å²) < 4.78 is 5.38. The molecule has 138 valence electrons. The Morgan fingerprint density at radius 1 is 0.778 bits per heavy atom. The second kappa shape index (κ2) is 10.4. The first-order chi connectivity index (χ1) is 12.8. The number of hydrogen-bond donors (Lipinski definition) is 0. The molecule has 0 unspecified atom stereocenters. The van der Waals surface area contributed by atoms with Gasteiger partial charge in [0.25, 0.3) is 0 Å². The molecule has 3 aromatic carbocycles. The fraction of sp³-hybridized carbons (Fsp3) is 0.0870. The lowest BCUT2D eigenvalue weighted by Gasteiger charge is -2.26. The van der Waals surface area contributed by atoms with Crippen LogP contribution in [0.1, 0.15) is 0 Å². The van der Waals surface area contributed by atoms with Gasteiger partial charge in [0.15, 0.2) is 6.16 Å². The van der Waals surface area contributed by atoms with Gasteiger partial charge in [0.05, 0.1) is 0 Å². The Labute approximate surface area is 178 Å².